The molecule has 0 atom stereocenters. The fraction of sp³-hybridized carbons (Fsp3) is 0.333. The highest BCUT2D eigenvalue weighted by atomic mass is 16.5. The van der Waals surface area contributed by atoms with Crippen LogP contribution in [0.1, 0.15) is 11.1 Å². The van der Waals surface area contributed by atoms with Crippen LogP contribution in [0.2, 0.25) is 0 Å². The van der Waals surface area contributed by atoms with Crippen LogP contribution in [-0.4, -0.2) is 43.9 Å². The van der Waals surface area contributed by atoms with E-state index < -0.39 is 6.09 Å². The van der Waals surface area contributed by atoms with Crippen LogP contribution >= 0.6 is 0 Å². The van der Waals surface area contributed by atoms with Crippen molar-refractivity contribution in [3.63, 3.8) is 0 Å². The average molecular weight is 342 g/mol. The van der Waals surface area contributed by atoms with Gasteiger partial charge < -0.3 is 14.9 Å². The van der Waals surface area contributed by atoms with Gasteiger partial charge in [-0.15, -0.1) is 0 Å². The van der Waals surface area contributed by atoms with E-state index in [1.807, 2.05) is 18.2 Å². The summed E-state index contributed by atoms with van der Waals surface area (Å²) in [5.41, 5.74) is 7.37. The van der Waals surface area contributed by atoms with E-state index in [-0.39, 0.29) is 0 Å². The molecule has 1 aromatic heterocycles. The lowest BCUT2D eigenvalue weighted by atomic mass is 9.97. The quantitative estimate of drug-likeness (QED) is 0.921. The van der Waals surface area contributed by atoms with Crippen LogP contribution in [-0.2, 0) is 17.7 Å². The number of rotatable bonds is 4. The molecule has 0 aliphatic carbocycles. The van der Waals surface area contributed by atoms with Crippen LogP contribution in [0, 0.1) is 0 Å². The number of ether oxygens (including phenoxy) is 2. The molecular formula is C18H22N4O3. The topological polar surface area (TPSA) is 66.9 Å². The number of hydrogen-bond donors (Lipinski definition) is 1. The maximum absolute atomic E-state index is 12.1. The Hall–Kier alpha value is -2.80. The smallest absolute Gasteiger partial charge is 0.413 e. The highest BCUT2D eigenvalue weighted by Gasteiger charge is 2.26. The molecule has 1 aromatic carbocycles. The first-order chi connectivity index (χ1) is 12.1. The second kappa shape index (κ2) is 7.40. The molecule has 1 N–H and O–H groups in total. The number of methoxy groups -OCH3 is 2. The lowest BCUT2D eigenvalue weighted by molar-refractivity contribution is 0.180. The van der Waals surface area contributed by atoms with Crippen LogP contribution in [0.5, 0.6) is 5.75 Å². The summed E-state index contributed by atoms with van der Waals surface area (Å²) in [6.07, 6.45) is 3.95. The van der Waals surface area contributed by atoms with Crippen LogP contribution in [0.25, 0.3) is 0 Å². The van der Waals surface area contributed by atoms with Gasteiger partial charge in [0, 0.05) is 32.5 Å². The third kappa shape index (κ3) is 3.51. The number of nitrogens with zero attached hydrogens (tertiary/aromatic N) is 3. The number of aromatic nitrogens is 1. The Morgan fingerprint density at radius 1 is 1.24 bits per heavy atom. The fourth-order valence-corrected chi connectivity index (χ4v) is 3.06. The van der Waals surface area contributed by atoms with E-state index in [2.05, 4.69) is 21.5 Å². The molecule has 1 aliphatic heterocycles. The molecule has 2 heterocycles. The molecule has 7 nitrogen and oxygen atoms in total. The minimum absolute atomic E-state index is 0.425. The summed E-state index contributed by atoms with van der Waals surface area (Å²) in [5.74, 6) is 0.650. The molecular weight excluding hydrogens is 320 g/mol. The number of carbonyl (C=O) groups is 1. The van der Waals surface area contributed by atoms with Gasteiger partial charge >= 0.3 is 6.09 Å². The van der Waals surface area contributed by atoms with E-state index in [1.54, 1.807) is 26.6 Å². The number of hydrogen-bond acceptors (Lipinski definition) is 6. The van der Waals surface area contributed by atoms with Gasteiger partial charge in [-0.05, 0) is 35.7 Å². The van der Waals surface area contributed by atoms with Crippen molar-refractivity contribution in [2.75, 3.05) is 38.1 Å². The molecule has 0 fully saturated rings. The van der Waals surface area contributed by atoms with Crippen molar-refractivity contribution in [2.24, 2.45) is 0 Å². The minimum atomic E-state index is -0.425. The van der Waals surface area contributed by atoms with Gasteiger partial charge in [0.1, 0.15) is 5.75 Å². The van der Waals surface area contributed by atoms with E-state index in [9.17, 15) is 4.79 Å². The van der Waals surface area contributed by atoms with E-state index in [0.717, 1.165) is 29.9 Å². The molecule has 2 aromatic rings. The average Bonchev–Trinajstić information content (AvgIpc) is 2.66. The normalized spacial score (nSPS) is 13.7. The van der Waals surface area contributed by atoms with E-state index in [0.29, 0.717) is 12.3 Å². The third-order valence-electron chi connectivity index (χ3n) is 4.31. The van der Waals surface area contributed by atoms with Crippen molar-refractivity contribution < 1.29 is 14.3 Å². The number of anilines is 2. The van der Waals surface area contributed by atoms with E-state index in [4.69, 9.17) is 9.47 Å². The summed E-state index contributed by atoms with van der Waals surface area (Å²) in [7, 11) is 4.67. The summed E-state index contributed by atoms with van der Waals surface area (Å²) in [4.78, 5) is 17.6. The summed E-state index contributed by atoms with van der Waals surface area (Å²) in [6.45, 7) is 1.51. The Kier molecular flexibility index (Phi) is 5.04. The number of carbonyl (C=O) groups excluding carboxylic acids is 1. The number of pyridine rings is 1. The largest absolute Gasteiger partial charge is 0.495 e. The minimum Gasteiger partial charge on any atom is -0.495 e. The molecule has 1 amide bonds. The van der Waals surface area contributed by atoms with Crippen LogP contribution < -0.4 is 15.1 Å². The molecule has 7 heteroatoms. The zero-order valence-corrected chi connectivity index (χ0v) is 14.7. The van der Waals surface area contributed by atoms with Gasteiger partial charge in [0.15, 0.2) is 0 Å². The van der Waals surface area contributed by atoms with Gasteiger partial charge in [-0.1, -0.05) is 6.07 Å². The lowest BCUT2D eigenvalue weighted by Gasteiger charge is -2.33. The highest BCUT2D eigenvalue weighted by molar-refractivity contribution is 5.90. The molecule has 0 saturated heterocycles. The third-order valence-corrected chi connectivity index (χ3v) is 4.31. The molecule has 3 rings (SSSR count). The first kappa shape index (κ1) is 17.0. The maximum atomic E-state index is 12.1. The first-order valence-electron chi connectivity index (χ1n) is 8.06. The Labute approximate surface area is 147 Å². The van der Waals surface area contributed by atoms with Crippen LogP contribution in [0.3, 0.4) is 0 Å². The summed E-state index contributed by atoms with van der Waals surface area (Å²) >= 11 is 0. The molecule has 25 heavy (non-hydrogen) atoms. The van der Waals surface area contributed by atoms with Gasteiger partial charge in [-0.3, -0.25) is 9.88 Å². The maximum Gasteiger partial charge on any atom is 0.413 e. The summed E-state index contributed by atoms with van der Waals surface area (Å²) in [6, 6.07) is 7.80. The van der Waals surface area contributed by atoms with Crippen LogP contribution in [0.15, 0.2) is 36.7 Å². The van der Waals surface area contributed by atoms with Gasteiger partial charge in [0.05, 0.1) is 25.6 Å². The predicted molar refractivity (Wildman–Crippen MR) is 95.8 cm³/mol. The number of amides is 1. The predicted octanol–water partition coefficient (Wildman–Crippen LogP) is 2.68. The zero-order chi connectivity index (χ0) is 17.8. The lowest BCUT2D eigenvalue weighted by Crippen LogP contribution is -2.37. The summed E-state index contributed by atoms with van der Waals surface area (Å²) < 4.78 is 10.4. The van der Waals surface area contributed by atoms with Crippen LogP contribution in [0.4, 0.5) is 16.2 Å². The summed E-state index contributed by atoms with van der Waals surface area (Å²) in [5, 5.41) is 2.12. The van der Waals surface area contributed by atoms with Crippen molar-refractivity contribution in [3.05, 3.63) is 47.8 Å². The molecule has 132 valence electrons. The van der Waals surface area contributed by atoms with Gasteiger partial charge in [-0.25, -0.2) is 9.80 Å². The SMILES string of the molecule is COC(=O)N(C)c1c(OC)ccc2c1CN(Nc1ccncc1)CC2. The number of benzene rings is 1. The number of nitrogens with one attached hydrogen (secondary N) is 1. The van der Waals surface area contributed by atoms with Gasteiger partial charge in [-0.2, -0.15) is 0 Å². The van der Waals surface area contributed by atoms with E-state index >= 15 is 0 Å². The Morgan fingerprint density at radius 3 is 2.68 bits per heavy atom. The molecule has 0 spiro atoms. The molecule has 1 aliphatic rings. The van der Waals surface area contributed by atoms with Crippen molar-refractivity contribution in [2.45, 2.75) is 13.0 Å². The van der Waals surface area contributed by atoms with Crippen molar-refractivity contribution >= 4 is 17.5 Å². The Balaban J connectivity index is 1.92. The molecule has 0 radical (unpaired) electrons. The van der Waals surface area contributed by atoms with Gasteiger partial charge in [0.25, 0.3) is 0 Å². The monoisotopic (exact) mass is 342 g/mol. The molecule has 0 bridgehead atoms. The second-order valence-electron chi connectivity index (χ2n) is 5.80. The van der Waals surface area contributed by atoms with Gasteiger partial charge in [0.2, 0.25) is 0 Å². The number of hydrazine groups is 1. The fourth-order valence-electron chi connectivity index (χ4n) is 3.06. The van der Waals surface area contributed by atoms with E-state index in [1.165, 1.54) is 17.6 Å². The zero-order valence-electron chi connectivity index (χ0n) is 14.7. The Bertz CT molecular complexity index is 751. The highest BCUT2D eigenvalue weighted by Crippen LogP contribution is 2.37. The van der Waals surface area contributed by atoms with Crippen molar-refractivity contribution in [3.8, 4) is 5.75 Å². The molecule has 0 saturated carbocycles. The molecule has 0 unspecified atom stereocenters. The van der Waals surface area contributed by atoms with Crippen molar-refractivity contribution in [1.82, 2.24) is 9.99 Å². The standard InChI is InChI=1S/C18H22N4O3/c1-21(18(23)25-3)17-15-12-22(20-14-6-9-19-10-7-14)11-8-13(15)4-5-16(17)24-2/h4-7,9-10H,8,11-12H2,1-3H3,(H,19,20). The Morgan fingerprint density at radius 2 is 2.00 bits per heavy atom. The second-order valence-corrected chi connectivity index (χ2v) is 5.80. The van der Waals surface area contributed by atoms with Crippen molar-refractivity contribution in [1.29, 1.82) is 0 Å². The number of fused-ring (bicyclic) bond motifs is 1. The first-order valence-corrected chi connectivity index (χ1v) is 8.06.